The van der Waals surface area contributed by atoms with Crippen LogP contribution in [0.15, 0.2) is 23.3 Å². The highest BCUT2D eigenvalue weighted by atomic mass is 16.5. The van der Waals surface area contributed by atoms with Crippen molar-refractivity contribution in [1.82, 2.24) is 20.5 Å². The molecule has 0 aromatic carbocycles. The SMILES string of the molecule is CN=C(NCc1ccnc(N2CCCCCC2)c1)NCC1(N2CCOCC2)CCCCC1. The second-order valence-corrected chi connectivity index (χ2v) is 9.59. The quantitative estimate of drug-likeness (QED) is 0.521. The molecule has 3 fully saturated rings. The van der Waals surface area contributed by atoms with E-state index >= 15 is 0 Å². The van der Waals surface area contributed by atoms with Gasteiger partial charge in [-0.15, -0.1) is 0 Å². The minimum absolute atomic E-state index is 0.232. The molecule has 32 heavy (non-hydrogen) atoms. The van der Waals surface area contributed by atoms with Crippen molar-refractivity contribution in [2.45, 2.75) is 69.9 Å². The first-order valence-corrected chi connectivity index (χ1v) is 12.8. The highest BCUT2D eigenvalue weighted by Crippen LogP contribution is 2.33. The standard InChI is InChI=1S/C25H42N6O/c1-26-24(29-21-25(10-5-4-6-11-25)31-15-17-32-18-16-31)28-20-22-9-12-27-23(19-22)30-13-7-2-3-8-14-30/h9,12,19H,2-8,10-11,13-18,20-21H2,1H3,(H2,26,28,29). The fourth-order valence-corrected chi connectivity index (χ4v) is 5.55. The third-order valence-electron chi connectivity index (χ3n) is 7.47. The lowest BCUT2D eigenvalue weighted by atomic mass is 9.80. The van der Waals surface area contributed by atoms with Crippen LogP contribution in [0.1, 0.15) is 63.4 Å². The minimum atomic E-state index is 0.232. The van der Waals surface area contributed by atoms with Crippen LogP contribution in [0.2, 0.25) is 0 Å². The van der Waals surface area contributed by atoms with Gasteiger partial charge >= 0.3 is 0 Å². The number of nitrogens with one attached hydrogen (secondary N) is 2. The van der Waals surface area contributed by atoms with Crippen LogP contribution in [0.25, 0.3) is 0 Å². The summed E-state index contributed by atoms with van der Waals surface area (Å²) in [7, 11) is 1.87. The molecule has 3 aliphatic rings. The van der Waals surface area contributed by atoms with E-state index in [0.29, 0.717) is 0 Å². The molecule has 2 saturated heterocycles. The molecule has 0 spiro atoms. The second kappa shape index (κ2) is 11.8. The van der Waals surface area contributed by atoms with Crippen molar-refractivity contribution >= 4 is 11.8 Å². The number of nitrogens with zero attached hydrogens (tertiary/aromatic N) is 4. The first-order chi connectivity index (χ1) is 15.8. The van der Waals surface area contributed by atoms with E-state index < -0.39 is 0 Å². The van der Waals surface area contributed by atoms with Crippen LogP contribution in [0.5, 0.6) is 0 Å². The van der Waals surface area contributed by atoms with Crippen molar-refractivity contribution in [3.8, 4) is 0 Å². The zero-order valence-corrected chi connectivity index (χ0v) is 19.9. The average molecular weight is 443 g/mol. The Morgan fingerprint density at radius 1 is 1.00 bits per heavy atom. The molecule has 0 atom stereocenters. The summed E-state index contributed by atoms with van der Waals surface area (Å²) in [4.78, 5) is 14.3. The summed E-state index contributed by atoms with van der Waals surface area (Å²) < 4.78 is 5.62. The molecule has 0 radical (unpaired) electrons. The van der Waals surface area contributed by atoms with Gasteiger partial charge in [0.1, 0.15) is 5.82 Å². The number of rotatable bonds is 6. The number of aliphatic imine (C=N–C) groups is 1. The lowest BCUT2D eigenvalue weighted by Crippen LogP contribution is -2.60. The minimum Gasteiger partial charge on any atom is -0.379 e. The molecule has 2 N–H and O–H groups in total. The number of morpholine rings is 1. The normalized spacial score (nSPS) is 22.9. The third kappa shape index (κ3) is 6.13. The molecule has 0 bridgehead atoms. The zero-order valence-electron chi connectivity index (χ0n) is 19.9. The van der Waals surface area contributed by atoms with E-state index in [1.165, 1.54) is 63.4 Å². The Balaban J connectivity index is 1.33. The van der Waals surface area contributed by atoms with Gasteiger partial charge in [0.15, 0.2) is 5.96 Å². The third-order valence-corrected chi connectivity index (χ3v) is 7.47. The van der Waals surface area contributed by atoms with Gasteiger partial charge in [-0.3, -0.25) is 9.89 Å². The first kappa shape index (κ1) is 23.3. The van der Waals surface area contributed by atoms with Crippen molar-refractivity contribution < 1.29 is 4.74 Å². The largest absolute Gasteiger partial charge is 0.379 e. The molecule has 0 unspecified atom stereocenters. The molecule has 1 aromatic heterocycles. The number of ether oxygens (including phenoxy) is 1. The predicted molar refractivity (Wildman–Crippen MR) is 131 cm³/mol. The number of pyridine rings is 1. The van der Waals surface area contributed by atoms with Crippen molar-refractivity contribution in [3.63, 3.8) is 0 Å². The average Bonchev–Trinajstić information content (AvgIpc) is 3.15. The molecule has 3 heterocycles. The van der Waals surface area contributed by atoms with Gasteiger partial charge in [0, 0.05) is 58.1 Å². The summed E-state index contributed by atoms with van der Waals surface area (Å²) in [6.45, 7) is 7.75. The van der Waals surface area contributed by atoms with Gasteiger partial charge in [-0.05, 0) is 43.4 Å². The highest BCUT2D eigenvalue weighted by Gasteiger charge is 2.38. The van der Waals surface area contributed by atoms with Gasteiger partial charge in [-0.2, -0.15) is 0 Å². The van der Waals surface area contributed by atoms with Crippen LogP contribution >= 0.6 is 0 Å². The van der Waals surface area contributed by atoms with Gasteiger partial charge in [0.2, 0.25) is 0 Å². The second-order valence-electron chi connectivity index (χ2n) is 9.59. The van der Waals surface area contributed by atoms with Crippen LogP contribution in [-0.4, -0.2) is 74.4 Å². The van der Waals surface area contributed by atoms with Crippen LogP contribution in [0.3, 0.4) is 0 Å². The number of anilines is 1. The summed E-state index contributed by atoms with van der Waals surface area (Å²) in [5.41, 5.74) is 1.48. The van der Waals surface area contributed by atoms with E-state index in [-0.39, 0.29) is 5.54 Å². The Labute approximate surface area is 194 Å². The molecule has 1 aromatic rings. The lowest BCUT2D eigenvalue weighted by Gasteiger charge is -2.48. The molecule has 0 amide bonds. The van der Waals surface area contributed by atoms with E-state index in [9.17, 15) is 0 Å². The number of guanidine groups is 1. The van der Waals surface area contributed by atoms with E-state index in [0.717, 1.165) is 64.3 Å². The monoisotopic (exact) mass is 442 g/mol. The molecule has 4 rings (SSSR count). The van der Waals surface area contributed by atoms with Crippen molar-refractivity contribution in [2.24, 2.45) is 4.99 Å². The molecule has 7 nitrogen and oxygen atoms in total. The lowest BCUT2D eigenvalue weighted by molar-refractivity contribution is -0.0352. The molecule has 178 valence electrons. The van der Waals surface area contributed by atoms with Gasteiger partial charge in [-0.25, -0.2) is 4.98 Å². The summed E-state index contributed by atoms with van der Waals surface area (Å²) in [5.74, 6) is 2.00. The van der Waals surface area contributed by atoms with Crippen molar-refractivity contribution in [1.29, 1.82) is 0 Å². The van der Waals surface area contributed by atoms with Gasteiger partial charge in [0.25, 0.3) is 0 Å². The molecular weight excluding hydrogens is 400 g/mol. The fraction of sp³-hybridized carbons (Fsp3) is 0.760. The Bertz CT molecular complexity index is 719. The van der Waals surface area contributed by atoms with Crippen LogP contribution in [0.4, 0.5) is 5.82 Å². The Kier molecular flexibility index (Phi) is 8.62. The molecule has 7 heteroatoms. The van der Waals surface area contributed by atoms with Crippen molar-refractivity contribution in [2.75, 3.05) is 57.9 Å². The first-order valence-electron chi connectivity index (χ1n) is 12.8. The van der Waals surface area contributed by atoms with Gasteiger partial charge in [0.05, 0.1) is 13.2 Å². The molecule has 2 aliphatic heterocycles. The topological polar surface area (TPSA) is 65.0 Å². The number of hydrogen-bond acceptors (Lipinski definition) is 5. The maximum absolute atomic E-state index is 5.62. The van der Waals surface area contributed by atoms with E-state index in [2.05, 4.69) is 42.5 Å². The van der Waals surface area contributed by atoms with Gasteiger partial charge < -0.3 is 20.3 Å². The van der Waals surface area contributed by atoms with Crippen LogP contribution < -0.4 is 15.5 Å². The van der Waals surface area contributed by atoms with E-state index in [1.807, 2.05) is 13.2 Å². The van der Waals surface area contributed by atoms with Gasteiger partial charge in [-0.1, -0.05) is 32.1 Å². The zero-order chi connectivity index (χ0) is 22.1. The predicted octanol–water partition coefficient (Wildman–Crippen LogP) is 3.16. The van der Waals surface area contributed by atoms with E-state index in [4.69, 9.17) is 4.74 Å². The highest BCUT2D eigenvalue weighted by molar-refractivity contribution is 5.79. The number of hydrogen-bond donors (Lipinski definition) is 2. The Morgan fingerprint density at radius 2 is 1.72 bits per heavy atom. The number of aromatic nitrogens is 1. The van der Waals surface area contributed by atoms with Crippen molar-refractivity contribution in [3.05, 3.63) is 23.9 Å². The smallest absolute Gasteiger partial charge is 0.191 e. The Morgan fingerprint density at radius 3 is 2.44 bits per heavy atom. The van der Waals surface area contributed by atoms with E-state index in [1.54, 1.807) is 0 Å². The van der Waals surface area contributed by atoms with Crippen LogP contribution in [-0.2, 0) is 11.3 Å². The van der Waals surface area contributed by atoms with Crippen LogP contribution in [0, 0.1) is 0 Å². The molecular formula is C25H42N6O. The maximum Gasteiger partial charge on any atom is 0.191 e. The summed E-state index contributed by atoms with van der Waals surface area (Å²) in [5, 5.41) is 7.20. The maximum atomic E-state index is 5.62. The Hall–Kier alpha value is -1.86. The molecule has 1 saturated carbocycles. The summed E-state index contributed by atoms with van der Waals surface area (Å²) in [6, 6.07) is 4.35. The summed E-state index contributed by atoms with van der Waals surface area (Å²) in [6.07, 6.45) is 13.7. The molecule has 1 aliphatic carbocycles. The summed E-state index contributed by atoms with van der Waals surface area (Å²) >= 11 is 0. The fourth-order valence-electron chi connectivity index (χ4n) is 5.55.